The zero-order valence-corrected chi connectivity index (χ0v) is 20.8. The van der Waals surface area contributed by atoms with Crippen LogP contribution in [0.1, 0.15) is 52.4 Å². The number of anilines is 1. The normalized spacial score (nSPS) is 24.2. The standard InChI is InChI=1S/C26H31N3O7.CH4/c1-34-17-11-16(12-18(13-17)35-2)27-14-21-19-7-6-8-20(24(32)28(21)15-22(27)30)29(19)25(33)23(31)26(36-3)9-4-5-10-26;/h11-14,19-20H,4-10,15H2,1-3H3;1H4. The maximum atomic E-state index is 13.7. The number of amides is 3. The van der Waals surface area contributed by atoms with Crippen LogP contribution in [0.15, 0.2) is 30.1 Å². The molecule has 3 fully saturated rings. The van der Waals surface area contributed by atoms with Crippen LogP contribution < -0.4 is 14.4 Å². The number of hydrogen-bond acceptors (Lipinski definition) is 7. The minimum absolute atomic E-state index is 0. The molecule has 0 aromatic heterocycles. The van der Waals surface area contributed by atoms with Crippen LogP contribution in [-0.4, -0.2) is 78.9 Å². The summed E-state index contributed by atoms with van der Waals surface area (Å²) in [5.74, 6) is -0.844. The molecular formula is C27H35N3O7. The van der Waals surface area contributed by atoms with Gasteiger partial charge in [-0.25, -0.2) is 0 Å². The van der Waals surface area contributed by atoms with Crippen LogP contribution in [0, 0.1) is 0 Å². The second-order valence-electron chi connectivity index (χ2n) is 9.72. The lowest BCUT2D eigenvalue weighted by molar-refractivity contribution is -0.166. The molecule has 0 radical (unpaired) electrons. The zero-order chi connectivity index (χ0) is 25.6. The molecule has 5 rings (SSSR count). The van der Waals surface area contributed by atoms with Crippen LogP contribution in [0.5, 0.6) is 11.5 Å². The van der Waals surface area contributed by atoms with E-state index in [0.29, 0.717) is 48.6 Å². The molecule has 200 valence electrons. The fraction of sp³-hybridized carbons (Fsp3) is 0.556. The summed E-state index contributed by atoms with van der Waals surface area (Å²) < 4.78 is 16.3. The summed E-state index contributed by atoms with van der Waals surface area (Å²) in [6.07, 6.45) is 6.03. The van der Waals surface area contributed by atoms with E-state index in [1.165, 1.54) is 36.0 Å². The average molecular weight is 514 g/mol. The van der Waals surface area contributed by atoms with Gasteiger partial charge in [0.25, 0.3) is 17.6 Å². The van der Waals surface area contributed by atoms with Crippen molar-refractivity contribution in [3.63, 3.8) is 0 Å². The monoisotopic (exact) mass is 513 g/mol. The Morgan fingerprint density at radius 1 is 0.919 bits per heavy atom. The van der Waals surface area contributed by atoms with Gasteiger partial charge in [-0.3, -0.25) is 24.1 Å². The van der Waals surface area contributed by atoms with Crippen molar-refractivity contribution in [2.75, 3.05) is 32.8 Å². The summed E-state index contributed by atoms with van der Waals surface area (Å²) in [7, 11) is 4.52. The number of methoxy groups -OCH3 is 3. The molecule has 2 unspecified atom stereocenters. The highest BCUT2D eigenvalue weighted by Gasteiger charge is 2.54. The van der Waals surface area contributed by atoms with Crippen molar-refractivity contribution in [2.24, 2.45) is 0 Å². The molecule has 1 aliphatic carbocycles. The second kappa shape index (κ2) is 10.2. The van der Waals surface area contributed by atoms with E-state index in [1.807, 2.05) is 0 Å². The third kappa shape index (κ3) is 4.27. The van der Waals surface area contributed by atoms with Crippen molar-refractivity contribution in [1.29, 1.82) is 0 Å². The first-order valence-electron chi connectivity index (χ1n) is 12.3. The van der Waals surface area contributed by atoms with Crippen LogP contribution in [0.25, 0.3) is 0 Å². The third-order valence-corrected chi connectivity index (χ3v) is 7.91. The van der Waals surface area contributed by atoms with E-state index in [0.717, 1.165) is 19.3 Å². The molecule has 3 heterocycles. The average Bonchev–Trinajstić information content (AvgIpc) is 3.40. The highest BCUT2D eigenvalue weighted by atomic mass is 16.5. The van der Waals surface area contributed by atoms with Gasteiger partial charge < -0.3 is 24.0 Å². The van der Waals surface area contributed by atoms with Gasteiger partial charge in [0.1, 0.15) is 29.7 Å². The predicted molar refractivity (Wildman–Crippen MR) is 135 cm³/mol. The van der Waals surface area contributed by atoms with E-state index < -0.39 is 29.4 Å². The summed E-state index contributed by atoms with van der Waals surface area (Å²) >= 11 is 0. The molecule has 3 amide bonds. The first-order valence-corrected chi connectivity index (χ1v) is 12.3. The van der Waals surface area contributed by atoms with E-state index >= 15 is 0 Å². The highest BCUT2D eigenvalue weighted by Crippen LogP contribution is 2.41. The van der Waals surface area contributed by atoms with Crippen LogP contribution in [0.2, 0.25) is 0 Å². The Hall–Kier alpha value is -3.40. The number of nitrogens with zero attached hydrogens (tertiary/aromatic N) is 3. The maximum Gasteiger partial charge on any atom is 0.294 e. The topological polar surface area (TPSA) is 106 Å². The van der Waals surface area contributed by atoms with Gasteiger partial charge in [0.2, 0.25) is 5.91 Å². The SMILES string of the molecule is C.COc1cc(OC)cc(N2C=C3C4CCCC(C(=O)N3CC2=O)N4C(=O)C(=O)C2(OC)CCCC2)c1. The second-order valence-corrected chi connectivity index (χ2v) is 9.72. The first-order chi connectivity index (χ1) is 17.3. The van der Waals surface area contributed by atoms with Crippen LogP contribution in [0.3, 0.4) is 0 Å². The number of benzene rings is 1. The Kier molecular flexibility index (Phi) is 7.32. The van der Waals surface area contributed by atoms with Crippen molar-refractivity contribution >= 4 is 29.2 Å². The lowest BCUT2D eigenvalue weighted by Gasteiger charge is -2.52. The predicted octanol–water partition coefficient (Wildman–Crippen LogP) is 2.65. The lowest BCUT2D eigenvalue weighted by Crippen LogP contribution is -2.68. The molecular weight excluding hydrogens is 478 g/mol. The van der Waals surface area contributed by atoms with Crippen LogP contribution in [0.4, 0.5) is 5.69 Å². The van der Waals surface area contributed by atoms with Gasteiger partial charge in [0.05, 0.1) is 31.6 Å². The summed E-state index contributed by atoms with van der Waals surface area (Å²) in [6, 6.07) is 3.86. The van der Waals surface area contributed by atoms with Gasteiger partial charge in [-0.2, -0.15) is 0 Å². The largest absolute Gasteiger partial charge is 0.497 e. The fourth-order valence-corrected chi connectivity index (χ4v) is 5.98. The fourth-order valence-electron chi connectivity index (χ4n) is 5.98. The van der Waals surface area contributed by atoms with Gasteiger partial charge in [0, 0.05) is 31.5 Å². The number of piperidine rings is 1. The summed E-state index contributed by atoms with van der Waals surface area (Å²) in [5.41, 5.74) is -0.0607. The lowest BCUT2D eigenvalue weighted by atomic mass is 9.85. The number of piperazine rings is 1. The van der Waals surface area contributed by atoms with Crippen molar-refractivity contribution in [3.05, 3.63) is 30.1 Å². The minimum Gasteiger partial charge on any atom is -0.497 e. The quantitative estimate of drug-likeness (QED) is 0.539. The molecule has 10 nitrogen and oxygen atoms in total. The van der Waals surface area contributed by atoms with E-state index in [1.54, 1.807) is 24.4 Å². The molecule has 10 heteroatoms. The van der Waals surface area contributed by atoms with E-state index in [9.17, 15) is 19.2 Å². The molecule has 0 spiro atoms. The van der Waals surface area contributed by atoms with Crippen molar-refractivity contribution in [1.82, 2.24) is 9.80 Å². The van der Waals surface area contributed by atoms with Crippen molar-refractivity contribution < 1.29 is 33.4 Å². The number of Topliss-reactive ketones (excluding diaryl/α,β-unsaturated/α-hetero) is 1. The Morgan fingerprint density at radius 2 is 1.54 bits per heavy atom. The highest BCUT2D eigenvalue weighted by molar-refractivity contribution is 6.40. The van der Waals surface area contributed by atoms with Crippen molar-refractivity contribution in [3.8, 4) is 11.5 Å². The molecule has 2 saturated heterocycles. The van der Waals surface area contributed by atoms with Crippen molar-refractivity contribution in [2.45, 2.75) is 70.1 Å². The molecule has 1 saturated carbocycles. The zero-order valence-electron chi connectivity index (χ0n) is 20.8. The smallest absolute Gasteiger partial charge is 0.294 e. The Labute approximate surface area is 217 Å². The Balaban J connectivity index is 0.00000320. The molecule has 2 atom stereocenters. The summed E-state index contributed by atoms with van der Waals surface area (Å²) in [6.45, 7) is -0.144. The van der Waals surface area contributed by atoms with Crippen LogP contribution in [-0.2, 0) is 23.9 Å². The van der Waals surface area contributed by atoms with E-state index in [2.05, 4.69) is 0 Å². The molecule has 1 aromatic carbocycles. The van der Waals surface area contributed by atoms with Gasteiger partial charge in [-0.15, -0.1) is 0 Å². The Bertz CT molecular complexity index is 1120. The van der Waals surface area contributed by atoms with Gasteiger partial charge >= 0.3 is 0 Å². The Morgan fingerprint density at radius 3 is 2.14 bits per heavy atom. The summed E-state index contributed by atoms with van der Waals surface area (Å²) in [4.78, 5) is 58.1. The van der Waals surface area contributed by atoms with Gasteiger partial charge in [-0.05, 0) is 44.9 Å². The maximum absolute atomic E-state index is 13.7. The van der Waals surface area contributed by atoms with E-state index in [4.69, 9.17) is 14.2 Å². The van der Waals surface area contributed by atoms with Gasteiger partial charge in [0.15, 0.2) is 0 Å². The molecule has 3 aliphatic heterocycles. The number of rotatable bonds is 6. The molecule has 0 N–H and O–H groups in total. The van der Waals surface area contributed by atoms with E-state index in [-0.39, 0.29) is 25.8 Å². The molecule has 2 bridgehead atoms. The van der Waals surface area contributed by atoms with Gasteiger partial charge in [-0.1, -0.05) is 7.43 Å². The number of ether oxygens (including phenoxy) is 3. The number of hydrogen-bond donors (Lipinski definition) is 0. The minimum atomic E-state index is -1.12. The molecule has 1 aromatic rings. The third-order valence-electron chi connectivity index (χ3n) is 7.91. The molecule has 37 heavy (non-hydrogen) atoms. The summed E-state index contributed by atoms with van der Waals surface area (Å²) in [5, 5.41) is 0. The number of fused-ring (bicyclic) bond motifs is 4. The molecule has 4 aliphatic rings. The first kappa shape index (κ1) is 26.7. The van der Waals surface area contributed by atoms with Crippen LogP contribution >= 0.6 is 0 Å². The number of ketones is 1. The number of carbonyl (C=O) groups excluding carboxylic acids is 4. The number of carbonyl (C=O) groups is 4.